The minimum absolute atomic E-state index is 0.127. The zero-order chi connectivity index (χ0) is 16.1. The summed E-state index contributed by atoms with van der Waals surface area (Å²) in [6, 6.07) is 10.8. The molecule has 1 amide bonds. The van der Waals surface area contributed by atoms with E-state index in [0.29, 0.717) is 15.8 Å². The van der Waals surface area contributed by atoms with Gasteiger partial charge in [0.15, 0.2) is 6.61 Å². The maximum absolute atomic E-state index is 12.1. The SMILES string of the molecule is CCc1cccc(C)c1NC(=O)COc1cc(Cl)ccc1Cl. The van der Waals surface area contributed by atoms with Crippen LogP contribution in [-0.2, 0) is 11.2 Å². The molecule has 0 aliphatic rings. The first-order valence-corrected chi connectivity index (χ1v) is 7.73. The minimum Gasteiger partial charge on any atom is -0.482 e. The fraction of sp³-hybridized carbons (Fsp3) is 0.235. The quantitative estimate of drug-likeness (QED) is 0.844. The van der Waals surface area contributed by atoms with Crippen LogP contribution >= 0.6 is 23.2 Å². The molecule has 0 aliphatic carbocycles. The van der Waals surface area contributed by atoms with E-state index in [-0.39, 0.29) is 12.5 Å². The molecule has 0 atom stereocenters. The summed E-state index contributed by atoms with van der Waals surface area (Å²) in [5, 5.41) is 3.82. The number of anilines is 1. The van der Waals surface area contributed by atoms with Crippen molar-refractivity contribution in [3.63, 3.8) is 0 Å². The number of amides is 1. The number of para-hydroxylation sites is 1. The van der Waals surface area contributed by atoms with Gasteiger partial charge in [0.1, 0.15) is 5.75 Å². The predicted molar refractivity (Wildman–Crippen MR) is 91.1 cm³/mol. The van der Waals surface area contributed by atoms with Crippen LogP contribution in [0.1, 0.15) is 18.1 Å². The molecule has 0 heterocycles. The van der Waals surface area contributed by atoms with Gasteiger partial charge in [-0.1, -0.05) is 48.3 Å². The predicted octanol–water partition coefficient (Wildman–Crippen LogP) is 4.88. The second kappa shape index (κ2) is 7.52. The summed E-state index contributed by atoms with van der Waals surface area (Å²) in [6.45, 7) is 3.88. The van der Waals surface area contributed by atoms with Crippen LogP contribution in [0.5, 0.6) is 5.75 Å². The van der Waals surface area contributed by atoms with Crippen LogP contribution in [0.15, 0.2) is 36.4 Å². The summed E-state index contributed by atoms with van der Waals surface area (Å²) in [4.78, 5) is 12.1. The zero-order valence-electron chi connectivity index (χ0n) is 12.5. The van der Waals surface area contributed by atoms with Crippen LogP contribution < -0.4 is 10.1 Å². The monoisotopic (exact) mass is 337 g/mol. The van der Waals surface area contributed by atoms with E-state index >= 15 is 0 Å². The Morgan fingerprint density at radius 3 is 2.73 bits per heavy atom. The minimum atomic E-state index is -0.236. The molecule has 116 valence electrons. The number of carbonyl (C=O) groups excluding carboxylic acids is 1. The Balaban J connectivity index is 2.03. The van der Waals surface area contributed by atoms with Crippen molar-refractivity contribution < 1.29 is 9.53 Å². The highest BCUT2D eigenvalue weighted by Gasteiger charge is 2.10. The van der Waals surface area contributed by atoms with Crippen molar-refractivity contribution in [2.45, 2.75) is 20.3 Å². The molecule has 0 unspecified atom stereocenters. The molecule has 0 aromatic heterocycles. The standard InChI is InChI=1S/C17H17Cl2NO2/c1-3-12-6-4-5-11(2)17(12)20-16(21)10-22-15-9-13(18)7-8-14(15)19/h4-9H,3,10H2,1-2H3,(H,20,21). The topological polar surface area (TPSA) is 38.3 Å². The van der Waals surface area contributed by atoms with Gasteiger partial charge < -0.3 is 10.1 Å². The molecule has 3 nitrogen and oxygen atoms in total. The smallest absolute Gasteiger partial charge is 0.262 e. The van der Waals surface area contributed by atoms with Gasteiger partial charge in [0, 0.05) is 16.8 Å². The lowest BCUT2D eigenvalue weighted by Gasteiger charge is -2.13. The van der Waals surface area contributed by atoms with Crippen LogP contribution in [-0.4, -0.2) is 12.5 Å². The molecule has 2 aromatic rings. The van der Waals surface area contributed by atoms with Crippen molar-refractivity contribution in [1.29, 1.82) is 0 Å². The van der Waals surface area contributed by atoms with Gasteiger partial charge in [-0.3, -0.25) is 4.79 Å². The highest BCUT2D eigenvalue weighted by atomic mass is 35.5. The van der Waals surface area contributed by atoms with E-state index < -0.39 is 0 Å². The summed E-state index contributed by atoms with van der Waals surface area (Å²) in [7, 11) is 0. The maximum Gasteiger partial charge on any atom is 0.262 e. The third-order valence-electron chi connectivity index (χ3n) is 3.26. The van der Waals surface area contributed by atoms with Gasteiger partial charge in [-0.2, -0.15) is 0 Å². The van der Waals surface area contributed by atoms with Crippen molar-refractivity contribution in [2.24, 2.45) is 0 Å². The maximum atomic E-state index is 12.1. The van der Waals surface area contributed by atoms with Crippen molar-refractivity contribution in [2.75, 3.05) is 11.9 Å². The van der Waals surface area contributed by atoms with Crippen molar-refractivity contribution in [1.82, 2.24) is 0 Å². The third-order valence-corrected chi connectivity index (χ3v) is 3.80. The van der Waals surface area contributed by atoms with E-state index in [9.17, 15) is 4.79 Å². The first-order chi connectivity index (χ1) is 10.5. The Kier molecular flexibility index (Phi) is 5.69. The summed E-state index contributed by atoms with van der Waals surface area (Å²) in [5.41, 5.74) is 2.96. The number of carbonyl (C=O) groups is 1. The van der Waals surface area contributed by atoms with E-state index in [1.54, 1.807) is 18.2 Å². The molecule has 0 spiro atoms. The van der Waals surface area contributed by atoms with Gasteiger partial charge >= 0.3 is 0 Å². The Morgan fingerprint density at radius 2 is 2.00 bits per heavy atom. The summed E-state index contributed by atoms with van der Waals surface area (Å²) in [6.07, 6.45) is 0.846. The molecular weight excluding hydrogens is 321 g/mol. The average Bonchev–Trinajstić information content (AvgIpc) is 2.50. The molecule has 2 aromatic carbocycles. The van der Waals surface area contributed by atoms with Crippen LogP contribution in [0.2, 0.25) is 10.0 Å². The zero-order valence-corrected chi connectivity index (χ0v) is 14.0. The van der Waals surface area contributed by atoms with Gasteiger partial charge in [-0.15, -0.1) is 0 Å². The van der Waals surface area contributed by atoms with Gasteiger partial charge in [0.05, 0.1) is 5.02 Å². The molecule has 0 radical (unpaired) electrons. The number of hydrogen-bond donors (Lipinski definition) is 1. The average molecular weight is 338 g/mol. The Labute approximate surface area is 140 Å². The molecule has 0 aliphatic heterocycles. The van der Waals surface area contributed by atoms with Crippen molar-refractivity contribution in [3.8, 4) is 5.75 Å². The lowest BCUT2D eigenvalue weighted by atomic mass is 10.1. The second-order valence-corrected chi connectivity index (χ2v) is 5.72. The normalized spacial score (nSPS) is 10.4. The lowest BCUT2D eigenvalue weighted by Crippen LogP contribution is -2.21. The molecule has 0 saturated heterocycles. The van der Waals surface area contributed by atoms with Crippen molar-refractivity contribution in [3.05, 3.63) is 57.6 Å². The number of aryl methyl sites for hydroxylation is 2. The van der Waals surface area contributed by atoms with Crippen molar-refractivity contribution >= 4 is 34.8 Å². The van der Waals surface area contributed by atoms with Gasteiger partial charge in [-0.05, 0) is 36.6 Å². The number of nitrogens with one attached hydrogen (secondary N) is 1. The molecule has 0 saturated carbocycles. The van der Waals surface area contributed by atoms with E-state index in [0.717, 1.165) is 23.2 Å². The third kappa shape index (κ3) is 4.15. The van der Waals surface area contributed by atoms with Crippen LogP contribution in [0.4, 0.5) is 5.69 Å². The van der Waals surface area contributed by atoms with Crippen LogP contribution in [0.25, 0.3) is 0 Å². The summed E-state index contributed by atoms with van der Waals surface area (Å²) < 4.78 is 5.44. The fourth-order valence-electron chi connectivity index (χ4n) is 2.11. The number of halogens is 2. The highest BCUT2D eigenvalue weighted by molar-refractivity contribution is 6.34. The molecule has 0 fully saturated rings. The van der Waals surface area contributed by atoms with Gasteiger partial charge in [0.25, 0.3) is 5.91 Å². The Bertz CT molecular complexity index is 686. The number of hydrogen-bond acceptors (Lipinski definition) is 2. The largest absolute Gasteiger partial charge is 0.482 e. The second-order valence-electron chi connectivity index (χ2n) is 4.87. The molecular formula is C17H17Cl2NO2. The van der Waals surface area contributed by atoms with Crippen LogP contribution in [0.3, 0.4) is 0 Å². The molecule has 22 heavy (non-hydrogen) atoms. The molecule has 1 N–H and O–H groups in total. The Hall–Kier alpha value is -1.71. The lowest BCUT2D eigenvalue weighted by molar-refractivity contribution is -0.118. The molecule has 5 heteroatoms. The summed E-state index contributed by atoms with van der Waals surface area (Å²) >= 11 is 11.9. The van der Waals surface area contributed by atoms with E-state index in [2.05, 4.69) is 5.32 Å². The summed E-state index contributed by atoms with van der Waals surface area (Å²) in [5.74, 6) is 0.157. The van der Waals surface area contributed by atoms with Gasteiger partial charge in [-0.25, -0.2) is 0 Å². The first-order valence-electron chi connectivity index (χ1n) is 6.97. The number of rotatable bonds is 5. The van der Waals surface area contributed by atoms with E-state index in [1.807, 2.05) is 32.0 Å². The van der Waals surface area contributed by atoms with E-state index in [4.69, 9.17) is 27.9 Å². The molecule has 2 rings (SSSR count). The van der Waals surface area contributed by atoms with Crippen LogP contribution in [0, 0.1) is 6.92 Å². The van der Waals surface area contributed by atoms with Gasteiger partial charge in [0.2, 0.25) is 0 Å². The number of ether oxygens (including phenoxy) is 1. The number of benzene rings is 2. The Morgan fingerprint density at radius 1 is 1.23 bits per heavy atom. The fourth-order valence-corrected chi connectivity index (χ4v) is 2.44. The van der Waals surface area contributed by atoms with E-state index in [1.165, 1.54) is 0 Å². The highest BCUT2D eigenvalue weighted by Crippen LogP contribution is 2.27. The molecule has 0 bridgehead atoms. The first kappa shape index (κ1) is 16.7.